The van der Waals surface area contributed by atoms with Gasteiger partial charge in [-0.25, -0.2) is 9.59 Å². The molecule has 0 unspecified atom stereocenters. The number of nitrogens with one attached hydrogen (secondary N) is 2. The van der Waals surface area contributed by atoms with Gasteiger partial charge in [0.2, 0.25) is 0 Å². The van der Waals surface area contributed by atoms with Crippen molar-refractivity contribution in [3.63, 3.8) is 0 Å². The summed E-state index contributed by atoms with van der Waals surface area (Å²) >= 11 is 0. The molecule has 2 aliphatic rings. The Morgan fingerprint density at radius 2 is 1.21 bits per heavy atom. The molecule has 0 bridgehead atoms. The van der Waals surface area contributed by atoms with E-state index in [2.05, 4.69) is 77.7 Å². The number of hydrogen-bond acceptors (Lipinski definition) is 10. The fourth-order valence-corrected chi connectivity index (χ4v) is 8.54. The third kappa shape index (κ3) is 10.8. The van der Waals surface area contributed by atoms with Crippen LogP contribution in [-0.2, 0) is 22.9 Å². The summed E-state index contributed by atoms with van der Waals surface area (Å²) in [4.78, 5) is 52.6. The van der Waals surface area contributed by atoms with E-state index in [0.29, 0.717) is 24.0 Å². The first-order valence-corrected chi connectivity index (χ1v) is 26.2. The lowest BCUT2D eigenvalue weighted by Gasteiger charge is -2.39. The molecule has 6 atom stereocenters. The molecular formula is C35H61N4O10PSi2. The van der Waals surface area contributed by atoms with Crippen molar-refractivity contribution < 1.29 is 28.0 Å². The van der Waals surface area contributed by atoms with E-state index in [0.717, 1.165) is 0 Å². The number of H-pyrrole nitrogens is 2. The van der Waals surface area contributed by atoms with Gasteiger partial charge in [-0.3, -0.25) is 28.7 Å². The Morgan fingerprint density at radius 3 is 1.60 bits per heavy atom. The van der Waals surface area contributed by atoms with E-state index in [1.54, 1.807) is 39.1 Å². The third-order valence-corrected chi connectivity index (χ3v) is 20.3. The van der Waals surface area contributed by atoms with E-state index in [9.17, 15) is 28.8 Å². The Bertz CT molecular complexity index is 1880. The maximum atomic E-state index is 12.4. The van der Waals surface area contributed by atoms with Crippen molar-refractivity contribution in [1.29, 1.82) is 0 Å². The van der Waals surface area contributed by atoms with Gasteiger partial charge in [-0.2, -0.15) is 0 Å². The molecule has 2 aliphatic heterocycles. The minimum Gasteiger partial charge on any atom is -0.409 e. The number of nitrogens with zero attached hydrogens (tertiary/aromatic N) is 2. The first kappa shape index (κ1) is 44.0. The van der Waals surface area contributed by atoms with E-state index >= 15 is 0 Å². The Kier molecular flexibility index (Phi) is 13.6. The Hall–Kier alpha value is -2.44. The van der Waals surface area contributed by atoms with Gasteiger partial charge >= 0.3 is 11.4 Å². The standard InChI is InChI=1S/C19H33N2O5PSi.C16H28N2O5Si/c1-13-12-21(18(23)20-16(13)22)17-15(26-28(7,8)19(2,3)4)11-14(25-17)9-10-27(5,6)24;1-10-8-18(15(21)17-13(10)20)14-12(7-11(9-19)22-14)23-24(5,6)16(2,3)4/h9-10,12,14-15,17H,11H2,1-8H3,(H,20,22,23);8,11-12,14,19H,7,9H2,1-6H3,(H,17,20,21)/b10-9+;/t14-,15+,17-;11-,12-,14+/m10/s1. The van der Waals surface area contributed by atoms with Crippen LogP contribution in [0.3, 0.4) is 0 Å². The topological polar surface area (TPSA) is 184 Å². The summed E-state index contributed by atoms with van der Waals surface area (Å²) < 4.78 is 39.8. The lowest BCUT2D eigenvalue weighted by molar-refractivity contribution is -0.0504. The molecule has 0 radical (unpaired) electrons. The predicted octanol–water partition coefficient (Wildman–Crippen LogP) is 5.17. The maximum Gasteiger partial charge on any atom is 0.330 e. The van der Waals surface area contributed by atoms with Gasteiger partial charge in [-0.1, -0.05) is 47.6 Å². The minimum atomic E-state index is -2.33. The van der Waals surface area contributed by atoms with Gasteiger partial charge in [-0.15, -0.1) is 0 Å². The highest BCUT2D eigenvalue weighted by molar-refractivity contribution is 7.65. The van der Waals surface area contributed by atoms with Crippen molar-refractivity contribution in [3.05, 3.63) is 77.1 Å². The van der Waals surface area contributed by atoms with Crippen LogP contribution in [0.2, 0.25) is 36.3 Å². The lowest BCUT2D eigenvalue weighted by atomic mass is 10.2. The van der Waals surface area contributed by atoms with Crippen molar-refractivity contribution in [2.45, 2.75) is 141 Å². The summed E-state index contributed by atoms with van der Waals surface area (Å²) in [5, 5.41) is 9.47. The summed E-state index contributed by atoms with van der Waals surface area (Å²) in [5.41, 5.74) is -1.01. The minimum absolute atomic E-state index is 0.000104. The zero-order valence-corrected chi connectivity index (χ0v) is 36.3. The molecule has 2 saturated heterocycles. The number of aromatic amines is 2. The van der Waals surface area contributed by atoms with E-state index in [4.69, 9.17) is 18.3 Å². The normalized spacial score (nSPS) is 24.7. The van der Waals surface area contributed by atoms with Crippen molar-refractivity contribution in [2.75, 3.05) is 19.9 Å². The zero-order chi connectivity index (χ0) is 39.8. The Morgan fingerprint density at radius 1 is 0.808 bits per heavy atom. The van der Waals surface area contributed by atoms with Gasteiger partial charge in [0.1, 0.15) is 7.14 Å². The van der Waals surface area contributed by atoms with Gasteiger partial charge in [0.15, 0.2) is 29.1 Å². The number of aliphatic hydroxyl groups is 1. The van der Waals surface area contributed by atoms with Crippen molar-refractivity contribution in [1.82, 2.24) is 19.1 Å². The summed E-state index contributed by atoms with van der Waals surface area (Å²) in [6, 6.07) is 0. The highest BCUT2D eigenvalue weighted by atomic mass is 31.2. The largest absolute Gasteiger partial charge is 0.409 e. The first-order chi connectivity index (χ1) is 23.6. The summed E-state index contributed by atoms with van der Waals surface area (Å²) in [5.74, 6) is 1.68. The number of rotatable bonds is 9. The van der Waals surface area contributed by atoms with Crippen molar-refractivity contribution >= 4 is 23.8 Å². The van der Waals surface area contributed by atoms with Crippen molar-refractivity contribution in [2.24, 2.45) is 0 Å². The molecule has 3 N–H and O–H groups in total. The summed E-state index contributed by atoms with van der Waals surface area (Å²) in [6.45, 7) is 28.0. The fourth-order valence-electron chi connectivity index (χ4n) is 5.29. The van der Waals surface area contributed by atoms with Gasteiger partial charge < -0.3 is 28.0 Å². The zero-order valence-electron chi connectivity index (χ0n) is 33.4. The van der Waals surface area contributed by atoms with Crippen LogP contribution < -0.4 is 22.5 Å². The second kappa shape index (κ2) is 16.1. The SMILES string of the molecule is Cc1cn([C@@H]2O[C@H](/C=C/P(C)(C)=O)C[C@@H]2O[Si](C)(C)C(C)(C)C)c(=O)[nH]c1=O.Cc1cn([C@@H]2O[C@H](CO)C[C@@H]2O[Si](C)(C)C(C)(C)C)c(=O)[nH]c1=O. The smallest absolute Gasteiger partial charge is 0.330 e. The van der Waals surface area contributed by atoms with Gasteiger partial charge in [0, 0.05) is 36.4 Å². The first-order valence-electron chi connectivity index (χ1n) is 17.7. The van der Waals surface area contributed by atoms with Crippen LogP contribution in [0.25, 0.3) is 0 Å². The van der Waals surface area contributed by atoms with Crippen molar-refractivity contribution in [3.8, 4) is 0 Å². The molecule has 0 amide bonds. The quantitative estimate of drug-likeness (QED) is 0.226. The molecule has 0 aromatic carbocycles. The van der Waals surface area contributed by atoms with Crippen LogP contribution in [0.15, 0.2) is 43.5 Å². The molecule has 4 rings (SSSR count). The number of aryl methyl sites for hydroxylation is 2. The molecular weight excluding hydrogens is 724 g/mol. The molecule has 2 aromatic rings. The highest BCUT2D eigenvalue weighted by Gasteiger charge is 2.47. The van der Waals surface area contributed by atoms with Crippen LogP contribution in [0.4, 0.5) is 0 Å². The lowest BCUT2D eigenvalue weighted by Crippen LogP contribution is -2.46. The van der Waals surface area contributed by atoms with Crippen LogP contribution in [-0.4, -0.2) is 85.2 Å². The van der Waals surface area contributed by atoms with E-state index in [1.807, 2.05) is 0 Å². The number of ether oxygens (including phenoxy) is 2. The van der Waals surface area contributed by atoms with E-state index in [-0.39, 0.29) is 41.1 Å². The second-order valence-electron chi connectivity index (χ2n) is 17.4. The molecule has 52 heavy (non-hydrogen) atoms. The Balaban J connectivity index is 0.000000284. The number of aromatic nitrogens is 4. The monoisotopic (exact) mass is 784 g/mol. The maximum absolute atomic E-state index is 12.4. The number of aliphatic hydroxyl groups excluding tert-OH is 1. The molecule has 294 valence electrons. The average Bonchev–Trinajstić information content (AvgIpc) is 3.57. The third-order valence-electron chi connectivity index (χ3n) is 10.4. The molecule has 0 spiro atoms. The van der Waals surface area contributed by atoms with Gasteiger partial charge in [-0.05, 0) is 69.3 Å². The Labute approximate surface area is 308 Å². The second-order valence-corrected chi connectivity index (χ2v) is 30.1. The van der Waals surface area contributed by atoms with Crippen LogP contribution in [0, 0.1) is 13.8 Å². The summed E-state index contributed by atoms with van der Waals surface area (Å²) in [6.07, 6.45) is 3.19. The molecule has 0 saturated carbocycles. The van der Waals surface area contributed by atoms with Gasteiger partial charge in [0.25, 0.3) is 11.1 Å². The van der Waals surface area contributed by atoms with E-state index < -0.39 is 58.7 Å². The van der Waals surface area contributed by atoms with Gasteiger partial charge in [0.05, 0.1) is 31.0 Å². The molecule has 4 heterocycles. The van der Waals surface area contributed by atoms with Crippen LogP contribution >= 0.6 is 7.14 Å². The predicted molar refractivity (Wildman–Crippen MR) is 209 cm³/mol. The average molecular weight is 785 g/mol. The molecule has 17 heteroatoms. The molecule has 14 nitrogen and oxygen atoms in total. The van der Waals surface area contributed by atoms with E-state index in [1.165, 1.54) is 21.5 Å². The molecule has 0 aliphatic carbocycles. The molecule has 2 fully saturated rings. The van der Waals surface area contributed by atoms with Crippen LogP contribution in [0.5, 0.6) is 0 Å². The summed E-state index contributed by atoms with van der Waals surface area (Å²) in [7, 11) is -6.53. The number of hydrogen-bond donors (Lipinski definition) is 3. The van der Waals surface area contributed by atoms with Crippen LogP contribution in [0.1, 0.15) is 78.0 Å². The fraction of sp³-hybridized carbons (Fsp3) is 0.714. The molecule has 2 aromatic heterocycles. The highest BCUT2D eigenvalue weighted by Crippen LogP contribution is 2.44.